The summed E-state index contributed by atoms with van der Waals surface area (Å²) in [5.41, 5.74) is 2.92. The van der Waals surface area contributed by atoms with Crippen molar-refractivity contribution < 1.29 is 9.53 Å². The number of carbonyl (C=O) groups is 1. The van der Waals surface area contributed by atoms with Crippen LogP contribution in [0, 0.1) is 6.92 Å². The first-order chi connectivity index (χ1) is 7.65. The van der Waals surface area contributed by atoms with Crippen molar-refractivity contribution in [3.05, 3.63) is 35.7 Å². The van der Waals surface area contributed by atoms with Gasteiger partial charge in [-0.2, -0.15) is 0 Å². The molecule has 0 atom stereocenters. The maximum absolute atomic E-state index is 11.7. The Bertz CT molecular complexity index is 391. The number of nitrogens with zero attached hydrogens (tertiary/aromatic N) is 1. The van der Waals surface area contributed by atoms with E-state index in [-0.39, 0.29) is 5.97 Å². The maximum Gasteiger partial charge on any atom is 0.354 e. The molecule has 0 unspecified atom stereocenters. The fourth-order valence-corrected chi connectivity index (χ4v) is 1.80. The first-order valence-corrected chi connectivity index (χ1v) is 5.62. The van der Waals surface area contributed by atoms with Crippen molar-refractivity contribution in [2.45, 2.75) is 33.7 Å². The number of aromatic nitrogens is 1. The van der Waals surface area contributed by atoms with Crippen LogP contribution in [0.25, 0.3) is 0 Å². The Labute approximate surface area is 96.7 Å². The van der Waals surface area contributed by atoms with Gasteiger partial charge in [0.05, 0.1) is 6.61 Å². The summed E-state index contributed by atoms with van der Waals surface area (Å²) in [7, 11) is 0. The number of allylic oxidation sites excluding steroid dienone is 1. The first-order valence-electron chi connectivity index (χ1n) is 5.62. The Morgan fingerprint density at radius 2 is 2.25 bits per heavy atom. The topological polar surface area (TPSA) is 31.2 Å². The SMILES string of the molecule is C=CCn1c(C(=O)OCC)cc(CC)c1C. The Morgan fingerprint density at radius 3 is 2.75 bits per heavy atom. The molecular weight excluding hydrogens is 202 g/mol. The highest BCUT2D eigenvalue weighted by Gasteiger charge is 2.16. The molecule has 0 radical (unpaired) electrons. The highest BCUT2D eigenvalue weighted by molar-refractivity contribution is 5.88. The molecule has 0 saturated heterocycles. The quantitative estimate of drug-likeness (QED) is 0.565. The summed E-state index contributed by atoms with van der Waals surface area (Å²) in [5, 5.41) is 0. The van der Waals surface area contributed by atoms with Gasteiger partial charge in [0, 0.05) is 12.2 Å². The second-order valence-corrected chi connectivity index (χ2v) is 3.61. The molecule has 0 bridgehead atoms. The van der Waals surface area contributed by atoms with Crippen LogP contribution in [0.15, 0.2) is 18.7 Å². The number of hydrogen-bond donors (Lipinski definition) is 0. The van der Waals surface area contributed by atoms with Gasteiger partial charge in [-0.3, -0.25) is 0 Å². The van der Waals surface area contributed by atoms with E-state index in [2.05, 4.69) is 13.5 Å². The molecule has 3 nitrogen and oxygen atoms in total. The van der Waals surface area contributed by atoms with Crippen LogP contribution in [-0.2, 0) is 17.7 Å². The lowest BCUT2D eigenvalue weighted by Gasteiger charge is -2.08. The molecule has 1 rings (SSSR count). The monoisotopic (exact) mass is 221 g/mol. The van der Waals surface area contributed by atoms with Crippen molar-refractivity contribution >= 4 is 5.97 Å². The fourth-order valence-electron chi connectivity index (χ4n) is 1.80. The van der Waals surface area contributed by atoms with E-state index in [1.54, 1.807) is 6.08 Å². The van der Waals surface area contributed by atoms with Gasteiger partial charge in [-0.1, -0.05) is 13.0 Å². The minimum Gasteiger partial charge on any atom is -0.461 e. The molecular formula is C13H19NO2. The molecule has 1 aromatic rings. The van der Waals surface area contributed by atoms with Crippen molar-refractivity contribution in [2.24, 2.45) is 0 Å². The van der Waals surface area contributed by atoms with E-state index in [1.165, 1.54) is 5.56 Å². The predicted octanol–water partition coefficient (Wildman–Crippen LogP) is 2.72. The van der Waals surface area contributed by atoms with Gasteiger partial charge in [-0.05, 0) is 31.9 Å². The summed E-state index contributed by atoms with van der Waals surface area (Å²) in [6.45, 7) is 10.7. The van der Waals surface area contributed by atoms with Gasteiger partial charge < -0.3 is 9.30 Å². The predicted molar refractivity (Wildman–Crippen MR) is 64.7 cm³/mol. The molecule has 16 heavy (non-hydrogen) atoms. The number of aryl methyl sites for hydroxylation is 1. The molecule has 0 fully saturated rings. The molecule has 0 saturated carbocycles. The molecule has 88 valence electrons. The molecule has 0 aliphatic carbocycles. The van der Waals surface area contributed by atoms with Crippen molar-refractivity contribution in [2.75, 3.05) is 6.61 Å². The second-order valence-electron chi connectivity index (χ2n) is 3.61. The zero-order valence-corrected chi connectivity index (χ0v) is 10.2. The summed E-state index contributed by atoms with van der Waals surface area (Å²) >= 11 is 0. The summed E-state index contributed by atoms with van der Waals surface area (Å²) < 4.78 is 6.98. The molecule has 0 amide bonds. The van der Waals surface area contributed by atoms with E-state index in [4.69, 9.17) is 4.74 Å². The van der Waals surface area contributed by atoms with Gasteiger partial charge in [0.1, 0.15) is 5.69 Å². The van der Waals surface area contributed by atoms with E-state index < -0.39 is 0 Å². The third kappa shape index (κ3) is 2.35. The highest BCUT2D eigenvalue weighted by Crippen LogP contribution is 2.17. The zero-order valence-electron chi connectivity index (χ0n) is 10.2. The fraction of sp³-hybridized carbons (Fsp3) is 0.462. The number of rotatable bonds is 5. The van der Waals surface area contributed by atoms with Crippen LogP contribution >= 0.6 is 0 Å². The third-order valence-electron chi connectivity index (χ3n) is 2.65. The van der Waals surface area contributed by atoms with E-state index >= 15 is 0 Å². The van der Waals surface area contributed by atoms with E-state index in [0.29, 0.717) is 18.8 Å². The van der Waals surface area contributed by atoms with Crippen LogP contribution in [0.4, 0.5) is 0 Å². The van der Waals surface area contributed by atoms with Crippen LogP contribution < -0.4 is 0 Å². The van der Waals surface area contributed by atoms with Gasteiger partial charge in [-0.15, -0.1) is 6.58 Å². The van der Waals surface area contributed by atoms with E-state index in [1.807, 2.05) is 24.5 Å². The van der Waals surface area contributed by atoms with Crippen LogP contribution in [0.3, 0.4) is 0 Å². The standard InChI is InChI=1S/C13H19NO2/c1-5-8-14-10(4)11(6-2)9-12(14)13(15)16-7-3/h5,9H,1,6-8H2,2-4H3. The Balaban J connectivity index is 3.15. The van der Waals surface area contributed by atoms with Gasteiger partial charge in [0.15, 0.2) is 0 Å². The average Bonchev–Trinajstić information content (AvgIpc) is 2.57. The van der Waals surface area contributed by atoms with Gasteiger partial charge >= 0.3 is 5.97 Å². The lowest BCUT2D eigenvalue weighted by atomic mass is 10.2. The summed E-state index contributed by atoms with van der Waals surface area (Å²) in [5.74, 6) is -0.257. The normalized spacial score (nSPS) is 10.2. The summed E-state index contributed by atoms with van der Waals surface area (Å²) in [4.78, 5) is 11.7. The number of ether oxygens (including phenoxy) is 1. The summed E-state index contributed by atoms with van der Waals surface area (Å²) in [6.07, 6.45) is 2.71. The molecule has 0 aliphatic heterocycles. The van der Waals surface area contributed by atoms with Gasteiger partial charge in [0.25, 0.3) is 0 Å². The van der Waals surface area contributed by atoms with E-state index in [9.17, 15) is 4.79 Å². The number of esters is 1. The van der Waals surface area contributed by atoms with E-state index in [0.717, 1.165) is 12.1 Å². The zero-order chi connectivity index (χ0) is 12.1. The first kappa shape index (κ1) is 12.6. The maximum atomic E-state index is 11.7. The second kappa shape index (κ2) is 5.54. The number of hydrogen-bond acceptors (Lipinski definition) is 2. The Kier molecular flexibility index (Phi) is 4.35. The lowest BCUT2D eigenvalue weighted by Crippen LogP contribution is -2.12. The average molecular weight is 221 g/mol. The highest BCUT2D eigenvalue weighted by atomic mass is 16.5. The van der Waals surface area contributed by atoms with Crippen molar-refractivity contribution in [3.63, 3.8) is 0 Å². The number of carbonyl (C=O) groups excluding carboxylic acids is 1. The lowest BCUT2D eigenvalue weighted by molar-refractivity contribution is 0.0514. The third-order valence-corrected chi connectivity index (χ3v) is 2.65. The molecule has 0 aromatic carbocycles. The van der Waals surface area contributed by atoms with Crippen LogP contribution in [0.1, 0.15) is 35.6 Å². The minimum absolute atomic E-state index is 0.257. The van der Waals surface area contributed by atoms with Crippen LogP contribution in [0.2, 0.25) is 0 Å². The minimum atomic E-state index is -0.257. The van der Waals surface area contributed by atoms with Crippen LogP contribution in [-0.4, -0.2) is 17.1 Å². The van der Waals surface area contributed by atoms with Crippen molar-refractivity contribution in [3.8, 4) is 0 Å². The molecule has 0 aliphatic rings. The van der Waals surface area contributed by atoms with Crippen LogP contribution in [0.5, 0.6) is 0 Å². The Morgan fingerprint density at radius 1 is 1.56 bits per heavy atom. The smallest absolute Gasteiger partial charge is 0.354 e. The van der Waals surface area contributed by atoms with Crippen molar-refractivity contribution in [1.29, 1.82) is 0 Å². The molecule has 0 spiro atoms. The molecule has 1 aromatic heterocycles. The molecule has 3 heteroatoms. The molecule has 0 N–H and O–H groups in total. The summed E-state index contributed by atoms with van der Waals surface area (Å²) in [6, 6.07) is 1.91. The van der Waals surface area contributed by atoms with Gasteiger partial charge in [-0.25, -0.2) is 4.79 Å². The Hall–Kier alpha value is -1.51. The largest absolute Gasteiger partial charge is 0.461 e. The molecule has 1 heterocycles. The van der Waals surface area contributed by atoms with Gasteiger partial charge in [0.2, 0.25) is 0 Å². The van der Waals surface area contributed by atoms with Crippen molar-refractivity contribution in [1.82, 2.24) is 4.57 Å².